The number of hydrogen-bond donors (Lipinski definition) is 0. The van der Waals surface area contributed by atoms with Gasteiger partial charge in [-0.15, -0.1) is 0 Å². The van der Waals surface area contributed by atoms with Gasteiger partial charge < -0.3 is 14.4 Å². The van der Waals surface area contributed by atoms with E-state index in [1.54, 1.807) is 24.4 Å². The Morgan fingerprint density at radius 1 is 1.11 bits per heavy atom. The highest BCUT2D eigenvalue weighted by Gasteiger charge is 2.40. The van der Waals surface area contributed by atoms with Crippen molar-refractivity contribution in [3.63, 3.8) is 0 Å². The fraction of sp³-hybridized carbons (Fsp3) is 0.393. The summed E-state index contributed by atoms with van der Waals surface area (Å²) in [5.41, 5.74) is 3.28. The second kappa shape index (κ2) is 10.3. The second-order valence-electron chi connectivity index (χ2n) is 9.73. The van der Waals surface area contributed by atoms with Gasteiger partial charge in [0.1, 0.15) is 12.4 Å². The van der Waals surface area contributed by atoms with Gasteiger partial charge >= 0.3 is 6.09 Å². The van der Waals surface area contributed by atoms with Crippen LogP contribution in [-0.4, -0.2) is 44.9 Å². The predicted octanol–water partition coefficient (Wildman–Crippen LogP) is 5.67. The molecule has 0 spiro atoms. The van der Waals surface area contributed by atoms with Gasteiger partial charge in [-0.3, -0.25) is 4.79 Å². The van der Waals surface area contributed by atoms with Crippen LogP contribution in [0.15, 0.2) is 54.7 Å². The third kappa shape index (κ3) is 5.41. The molecule has 5 rings (SSSR count). The fourth-order valence-electron chi connectivity index (χ4n) is 4.74. The van der Waals surface area contributed by atoms with Gasteiger partial charge in [0.05, 0.1) is 22.4 Å². The number of fused-ring (bicyclic) bond motifs is 1. The number of rotatable bonds is 7. The van der Waals surface area contributed by atoms with Crippen LogP contribution in [0.1, 0.15) is 60.3 Å². The topological polar surface area (TPSA) is 73.7 Å². The van der Waals surface area contributed by atoms with Gasteiger partial charge in [-0.2, -0.15) is 9.78 Å². The third-order valence-corrected chi connectivity index (χ3v) is 6.86. The standard InChI is InChI=1S/C28H30ClN3O4/c1-18(2)36-23-11-12-24(25(29)15-23)27(33)32(21-8-9-21)22-10-13-26-20(14-22)16-31(30-26)28(34)35-17-19-6-4-3-5-7-19/h3-7,11-12,15-16,18,21-22H,8-10,13-14,17H2,1-2H3. The Hall–Kier alpha value is -3.32. The van der Waals surface area contributed by atoms with E-state index in [1.807, 2.05) is 49.1 Å². The predicted molar refractivity (Wildman–Crippen MR) is 136 cm³/mol. The number of hydrogen-bond acceptors (Lipinski definition) is 5. The molecule has 1 saturated carbocycles. The zero-order valence-corrected chi connectivity index (χ0v) is 21.3. The molecule has 1 amide bonds. The smallest absolute Gasteiger partial charge is 0.435 e. The normalized spacial score (nSPS) is 16.9. The summed E-state index contributed by atoms with van der Waals surface area (Å²) in [6.45, 7) is 4.09. The van der Waals surface area contributed by atoms with Crippen molar-refractivity contribution in [3.05, 3.63) is 82.1 Å². The second-order valence-corrected chi connectivity index (χ2v) is 10.1. The maximum absolute atomic E-state index is 13.6. The average molecular weight is 508 g/mol. The third-order valence-electron chi connectivity index (χ3n) is 6.55. The molecule has 1 unspecified atom stereocenters. The molecule has 8 heteroatoms. The summed E-state index contributed by atoms with van der Waals surface area (Å²) in [4.78, 5) is 28.2. The van der Waals surface area contributed by atoms with E-state index in [4.69, 9.17) is 21.1 Å². The Labute approximate surface area is 215 Å². The molecule has 0 N–H and O–H groups in total. The minimum absolute atomic E-state index is 0.0261. The molecule has 1 aromatic heterocycles. The molecule has 1 fully saturated rings. The van der Waals surface area contributed by atoms with Gasteiger partial charge in [-0.25, -0.2) is 4.79 Å². The summed E-state index contributed by atoms with van der Waals surface area (Å²) >= 11 is 6.52. The molecule has 2 aliphatic carbocycles. The van der Waals surface area contributed by atoms with Gasteiger partial charge in [0.25, 0.3) is 5.91 Å². The molecule has 1 atom stereocenters. The Morgan fingerprint density at radius 2 is 1.89 bits per heavy atom. The van der Waals surface area contributed by atoms with Crippen LogP contribution in [0.2, 0.25) is 5.02 Å². The summed E-state index contributed by atoms with van der Waals surface area (Å²) in [5, 5.41) is 4.87. The highest BCUT2D eigenvalue weighted by atomic mass is 35.5. The number of carbonyl (C=O) groups is 2. The Kier molecular flexibility index (Phi) is 7.01. The molecular formula is C28H30ClN3O4. The first-order valence-electron chi connectivity index (χ1n) is 12.5. The molecule has 0 aliphatic heterocycles. The van der Waals surface area contributed by atoms with E-state index >= 15 is 0 Å². The molecule has 0 bridgehead atoms. The summed E-state index contributed by atoms with van der Waals surface area (Å²) < 4.78 is 12.4. The van der Waals surface area contributed by atoms with Crippen molar-refractivity contribution in [3.8, 4) is 5.75 Å². The molecule has 2 aromatic carbocycles. The molecular weight excluding hydrogens is 478 g/mol. The quantitative estimate of drug-likeness (QED) is 0.412. The first-order chi connectivity index (χ1) is 17.4. The van der Waals surface area contributed by atoms with E-state index < -0.39 is 6.09 Å². The van der Waals surface area contributed by atoms with Gasteiger partial charge in [0.15, 0.2) is 0 Å². The minimum atomic E-state index is -0.504. The van der Waals surface area contributed by atoms with Gasteiger partial charge in [-0.1, -0.05) is 41.9 Å². The minimum Gasteiger partial charge on any atom is -0.491 e. The van der Waals surface area contributed by atoms with E-state index in [-0.39, 0.29) is 30.7 Å². The van der Waals surface area contributed by atoms with Crippen LogP contribution in [0.25, 0.3) is 0 Å². The number of nitrogens with zero attached hydrogens (tertiary/aromatic N) is 3. The van der Waals surface area contributed by atoms with Crippen LogP contribution >= 0.6 is 11.6 Å². The van der Waals surface area contributed by atoms with E-state index in [0.717, 1.165) is 36.1 Å². The molecule has 188 valence electrons. The lowest BCUT2D eigenvalue weighted by Crippen LogP contribution is -2.45. The monoisotopic (exact) mass is 507 g/mol. The van der Waals surface area contributed by atoms with Crippen LogP contribution in [-0.2, 0) is 24.2 Å². The first kappa shape index (κ1) is 24.4. The van der Waals surface area contributed by atoms with Crippen molar-refractivity contribution < 1.29 is 19.1 Å². The highest BCUT2D eigenvalue weighted by Crippen LogP contribution is 2.36. The number of benzene rings is 2. The Bertz CT molecular complexity index is 1250. The SMILES string of the molecule is CC(C)Oc1ccc(C(=O)N(C2CC2)C2CCc3nn(C(=O)OCc4ccccc4)cc3C2)c(Cl)c1. The van der Waals surface area contributed by atoms with Crippen LogP contribution < -0.4 is 4.74 Å². The van der Waals surface area contributed by atoms with Gasteiger partial charge in [0.2, 0.25) is 0 Å². The highest BCUT2D eigenvalue weighted by molar-refractivity contribution is 6.34. The number of amides is 1. The van der Waals surface area contributed by atoms with Gasteiger partial charge in [0, 0.05) is 18.3 Å². The van der Waals surface area contributed by atoms with Crippen molar-refractivity contribution in [2.24, 2.45) is 0 Å². The van der Waals surface area contributed by atoms with Crippen LogP contribution in [0.5, 0.6) is 5.75 Å². The maximum atomic E-state index is 13.6. The van der Waals surface area contributed by atoms with E-state index in [9.17, 15) is 9.59 Å². The number of carbonyl (C=O) groups excluding carboxylic acids is 2. The zero-order chi connectivity index (χ0) is 25.2. The molecule has 2 aliphatic rings. The van der Waals surface area contributed by atoms with E-state index in [1.165, 1.54) is 4.68 Å². The van der Waals surface area contributed by atoms with E-state index in [2.05, 4.69) is 5.10 Å². The van der Waals surface area contributed by atoms with Crippen molar-refractivity contribution in [1.82, 2.24) is 14.7 Å². The Morgan fingerprint density at radius 3 is 2.58 bits per heavy atom. The van der Waals surface area contributed by atoms with Crippen LogP contribution in [0, 0.1) is 0 Å². The van der Waals surface area contributed by atoms with Crippen molar-refractivity contribution in [2.45, 2.75) is 70.7 Å². The molecule has 1 heterocycles. The Balaban J connectivity index is 1.28. The zero-order valence-electron chi connectivity index (χ0n) is 20.5. The lowest BCUT2D eigenvalue weighted by Gasteiger charge is -2.34. The first-order valence-corrected chi connectivity index (χ1v) is 12.8. The number of aryl methyl sites for hydroxylation is 1. The number of halogens is 1. The van der Waals surface area contributed by atoms with Crippen LogP contribution in [0.3, 0.4) is 0 Å². The fourth-order valence-corrected chi connectivity index (χ4v) is 4.99. The lowest BCUT2D eigenvalue weighted by atomic mass is 9.91. The van der Waals surface area contributed by atoms with Crippen LogP contribution in [0.4, 0.5) is 4.79 Å². The summed E-state index contributed by atoms with van der Waals surface area (Å²) in [5.74, 6) is 0.597. The summed E-state index contributed by atoms with van der Waals surface area (Å²) in [6, 6.07) is 15.1. The summed E-state index contributed by atoms with van der Waals surface area (Å²) in [7, 11) is 0. The lowest BCUT2D eigenvalue weighted by molar-refractivity contribution is 0.0643. The van der Waals surface area contributed by atoms with E-state index in [0.29, 0.717) is 29.2 Å². The summed E-state index contributed by atoms with van der Waals surface area (Å²) in [6.07, 6.45) is 5.39. The molecule has 7 nitrogen and oxygen atoms in total. The maximum Gasteiger partial charge on any atom is 0.435 e. The largest absolute Gasteiger partial charge is 0.491 e. The number of ether oxygens (including phenoxy) is 2. The van der Waals surface area contributed by atoms with Crippen molar-refractivity contribution in [1.29, 1.82) is 0 Å². The van der Waals surface area contributed by atoms with Gasteiger partial charge in [-0.05, 0) is 75.3 Å². The molecule has 36 heavy (non-hydrogen) atoms. The molecule has 3 aromatic rings. The molecule has 0 saturated heterocycles. The average Bonchev–Trinajstić information content (AvgIpc) is 3.59. The van der Waals surface area contributed by atoms with Crippen molar-refractivity contribution in [2.75, 3.05) is 0 Å². The molecule has 0 radical (unpaired) electrons. The number of aromatic nitrogens is 2. The van der Waals surface area contributed by atoms with Crippen molar-refractivity contribution >= 4 is 23.6 Å².